The molecule has 0 amide bonds. The van der Waals surface area contributed by atoms with Crippen LogP contribution in [0.4, 0.5) is 0 Å². The molecule has 6 heteroatoms. The zero-order valence-corrected chi connectivity index (χ0v) is 19.7. The summed E-state index contributed by atoms with van der Waals surface area (Å²) in [7, 11) is 0. The lowest BCUT2D eigenvalue weighted by molar-refractivity contribution is 0.0289. The first-order valence-electron chi connectivity index (χ1n) is 11.3. The smallest absolute Gasteiger partial charge is 0.339 e. The van der Waals surface area contributed by atoms with Crippen molar-refractivity contribution < 1.29 is 14.3 Å². The van der Waals surface area contributed by atoms with Gasteiger partial charge in [0, 0.05) is 16.3 Å². The van der Waals surface area contributed by atoms with Crippen LogP contribution in [0.15, 0.2) is 97.1 Å². The Morgan fingerprint density at radius 1 is 0.800 bits per heavy atom. The molecule has 0 fully saturated rings. The third-order valence-corrected chi connectivity index (χ3v) is 7.17. The number of ether oxygens (including phenoxy) is 1. The van der Waals surface area contributed by atoms with Crippen molar-refractivity contribution >= 4 is 55.2 Å². The van der Waals surface area contributed by atoms with Crippen molar-refractivity contribution in [3.05, 3.63) is 103 Å². The Balaban J connectivity index is 1.34. The number of rotatable bonds is 4. The zero-order valence-electron chi connectivity index (χ0n) is 18.8. The van der Waals surface area contributed by atoms with Crippen LogP contribution in [0.3, 0.4) is 0 Å². The van der Waals surface area contributed by atoms with E-state index >= 15 is 0 Å². The maximum atomic E-state index is 13.5. The van der Waals surface area contributed by atoms with Gasteiger partial charge in [-0.15, -0.1) is 11.3 Å². The molecule has 0 aliphatic carbocycles. The second kappa shape index (κ2) is 8.49. The Kier molecular flexibility index (Phi) is 5.16. The maximum Gasteiger partial charge on any atom is 0.339 e. The van der Waals surface area contributed by atoms with Gasteiger partial charge in [0.05, 0.1) is 26.8 Å². The molecule has 4 aromatic carbocycles. The summed E-state index contributed by atoms with van der Waals surface area (Å²) < 4.78 is 8.41. The van der Waals surface area contributed by atoms with E-state index in [-0.39, 0.29) is 5.91 Å². The first-order chi connectivity index (χ1) is 17.1. The molecule has 0 radical (unpaired) electrons. The number of para-hydroxylation sites is 3. The first-order valence-corrected chi connectivity index (χ1v) is 12.1. The fourth-order valence-corrected chi connectivity index (χ4v) is 5.46. The summed E-state index contributed by atoms with van der Waals surface area (Å²) in [5.41, 5.74) is 3.53. The lowest BCUT2D eigenvalue weighted by atomic mass is 10.1. The molecule has 6 rings (SSSR count). The minimum atomic E-state index is -0.981. The summed E-state index contributed by atoms with van der Waals surface area (Å²) in [5, 5.41) is 2.70. The summed E-state index contributed by atoms with van der Waals surface area (Å²) in [6.07, 6.45) is -0.981. The van der Waals surface area contributed by atoms with Crippen molar-refractivity contribution in [1.82, 2.24) is 9.55 Å². The van der Waals surface area contributed by atoms with Crippen molar-refractivity contribution in [2.24, 2.45) is 0 Å². The number of esters is 1. The molecule has 0 saturated carbocycles. The summed E-state index contributed by atoms with van der Waals surface area (Å²) in [5.74, 6) is -0.852. The second-order valence-electron chi connectivity index (χ2n) is 8.29. The van der Waals surface area contributed by atoms with Crippen LogP contribution >= 0.6 is 11.3 Å². The molecule has 5 nitrogen and oxygen atoms in total. The van der Waals surface area contributed by atoms with Gasteiger partial charge in [-0.1, -0.05) is 66.7 Å². The molecule has 2 heterocycles. The molecule has 35 heavy (non-hydrogen) atoms. The van der Waals surface area contributed by atoms with Crippen molar-refractivity contribution in [2.45, 2.75) is 13.0 Å². The van der Waals surface area contributed by atoms with Gasteiger partial charge in [-0.05, 0) is 37.3 Å². The fourth-order valence-electron chi connectivity index (χ4n) is 4.45. The molecule has 1 atom stereocenters. The number of fused-ring (bicyclic) bond motifs is 4. The Morgan fingerprint density at radius 2 is 1.40 bits per heavy atom. The molecule has 0 spiro atoms. The second-order valence-corrected chi connectivity index (χ2v) is 9.32. The van der Waals surface area contributed by atoms with Crippen molar-refractivity contribution in [3.8, 4) is 10.6 Å². The van der Waals surface area contributed by atoms with E-state index in [1.54, 1.807) is 23.6 Å². The van der Waals surface area contributed by atoms with E-state index in [4.69, 9.17) is 4.74 Å². The van der Waals surface area contributed by atoms with Gasteiger partial charge in [0.25, 0.3) is 5.91 Å². The lowest BCUT2D eigenvalue weighted by Crippen LogP contribution is -2.29. The molecule has 0 N–H and O–H groups in total. The third-order valence-electron chi connectivity index (χ3n) is 6.10. The topological polar surface area (TPSA) is 61.2 Å². The molecule has 2 aromatic heterocycles. The van der Waals surface area contributed by atoms with Gasteiger partial charge in [-0.25, -0.2) is 9.78 Å². The molecule has 0 aliphatic rings. The Hall–Kier alpha value is -4.29. The van der Waals surface area contributed by atoms with Crippen molar-refractivity contribution in [2.75, 3.05) is 0 Å². The average Bonchev–Trinajstić information content (AvgIpc) is 3.47. The Morgan fingerprint density at radius 3 is 2.11 bits per heavy atom. The highest BCUT2D eigenvalue weighted by Gasteiger charge is 2.25. The number of aromatic nitrogens is 2. The summed E-state index contributed by atoms with van der Waals surface area (Å²) in [6.45, 7) is 1.62. The SMILES string of the molecule is CC(OC(=O)c1ccccc1-c1nc2ccccc2s1)C(=O)n1c2ccccc2c2ccccc21. The number of thiazole rings is 1. The number of benzene rings is 4. The molecule has 170 valence electrons. The third kappa shape index (κ3) is 3.59. The zero-order chi connectivity index (χ0) is 23.9. The molecule has 1 unspecified atom stereocenters. The van der Waals surface area contributed by atoms with E-state index in [1.807, 2.05) is 84.9 Å². The summed E-state index contributed by atoms with van der Waals surface area (Å²) >= 11 is 1.52. The summed E-state index contributed by atoms with van der Waals surface area (Å²) in [6, 6.07) is 30.6. The van der Waals surface area contributed by atoms with Gasteiger partial charge in [0.1, 0.15) is 5.01 Å². The average molecular weight is 477 g/mol. The van der Waals surface area contributed by atoms with Crippen LogP contribution in [-0.2, 0) is 4.74 Å². The van der Waals surface area contributed by atoms with Crippen LogP contribution in [-0.4, -0.2) is 27.5 Å². The summed E-state index contributed by atoms with van der Waals surface area (Å²) in [4.78, 5) is 31.5. The van der Waals surface area contributed by atoms with Crippen LogP contribution in [0.5, 0.6) is 0 Å². The van der Waals surface area contributed by atoms with Crippen LogP contribution in [0.1, 0.15) is 22.1 Å². The minimum absolute atomic E-state index is 0.298. The molecular weight excluding hydrogens is 456 g/mol. The van der Waals surface area contributed by atoms with E-state index in [9.17, 15) is 9.59 Å². The predicted molar refractivity (Wildman–Crippen MR) is 140 cm³/mol. The van der Waals surface area contributed by atoms with Gasteiger partial charge in [0.2, 0.25) is 0 Å². The highest BCUT2D eigenvalue weighted by molar-refractivity contribution is 7.21. The van der Waals surface area contributed by atoms with E-state index in [2.05, 4.69) is 4.98 Å². The van der Waals surface area contributed by atoms with Gasteiger partial charge in [0.15, 0.2) is 6.10 Å². The van der Waals surface area contributed by atoms with E-state index < -0.39 is 12.1 Å². The quantitative estimate of drug-likeness (QED) is 0.258. The van der Waals surface area contributed by atoms with Crippen LogP contribution in [0.25, 0.3) is 42.6 Å². The van der Waals surface area contributed by atoms with E-state index in [0.717, 1.165) is 37.0 Å². The fraction of sp³-hybridized carbons (Fsp3) is 0.0690. The number of nitrogens with zero attached hydrogens (tertiary/aromatic N) is 2. The van der Waals surface area contributed by atoms with E-state index in [0.29, 0.717) is 11.1 Å². The number of hydrogen-bond acceptors (Lipinski definition) is 5. The van der Waals surface area contributed by atoms with Crippen LogP contribution in [0.2, 0.25) is 0 Å². The standard InChI is InChI=1S/C29H20N2O3S/c1-18(28(32)31-24-15-7-4-10-19(24)20-11-5-8-16-25(20)31)34-29(33)22-13-3-2-12-21(22)27-30-23-14-6-9-17-26(23)35-27/h2-18H,1H3. The highest BCUT2D eigenvalue weighted by Crippen LogP contribution is 2.33. The largest absolute Gasteiger partial charge is 0.449 e. The van der Waals surface area contributed by atoms with Gasteiger partial charge in [-0.2, -0.15) is 0 Å². The number of hydrogen-bond donors (Lipinski definition) is 0. The lowest BCUT2D eigenvalue weighted by Gasteiger charge is -2.15. The Bertz CT molecular complexity index is 1660. The van der Waals surface area contributed by atoms with Gasteiger partial charge >= 0.3 is 5.97 Å². The molecular formula is C29H20N2O3S. The Labute approximate surface area is 205 Å². The number of carbonyl (C=O) groups is 2. The molecule has 6 aromatic rings. The monoisotopic (exact) mass is 476 g/mol. The van der Waals surface area contributed by atoms with Crippen molar-refractivity contribution in [1.29, 1.82) is 0 Å². The highest BCUT2D eigenvalue weighted by atomic mass is 32.1. The maximum absolute atomic E-state index is 13.5. The molecule has 0 saturated heterocycles. The van der Waals surface area contributed by atoms with E-state index in [1.165, 1.54) is 11.3 Å². The molecule has 0 aliphatic heterocycles. The first kappa shape index (κ1) is 21.3. The normalized spacial score (nSPS) is 12.3. The van der Waals surface area contributed by atoms with Gasteiger partial charge in [-0.3, -0.25) is 9.36 Å². The minimum Gasteiger partial charge on any atom is -0.449 e. The van der Waals surface area contributed by atoms with Crippen LogP contribution < -0.4 is 0 Å². The predicted octanol–water partition coefficient (Wildman–Crippen LogP) is 6.96. The number of carbonyl (C=O) groups excluding carboxylic acids is 2. The molecule has 0 bridgehead atoms. The van der Waals surface area contributed by atoms with Crippen molar-refractivity contribution in [3.63, 3.8) is 0 Å². The van der Waals surface area contributed by atoms with Gasteiger partial charge < -0.3 is 4.74 Å². The van der Waals surface area contributed by atoms with Crippen LogP contribution in [0, 0.1) is 0 Å².